The first-order valence-corrected chi connectivity index (χ1v) is 10.8. The fraction of sp³-hybridized carbons (Fsp3) is 0.208. The standard InChI is InChI=1S/C24H20ClF2N3O4/c25-10-21-24(33)19(32)9-20(34-21)13-5-6-29-11-12(13)7-18(31)23-17(28)8-16(27)22(30-23)14-3-1-2-4-15(14)26/h1-6,8-9,11,19,21,24,32-33H,7,10,28H2/t19-,21-,24+/m1/s1. The number of hydrogen-bond donors (Lipinski definition) is 3. The van der Waals surface area contributed by atoms with E-state index in [1.165, 1.54) is 36.7 Å². The second-order valence-corrected chi connectivity index (χ2v) is 8.00. The van der Waals surface area contributed by atoms with Gasteiger partial charge < -0.3 is 20.7 Å². The number of ketones is 1. The smallest absolute Gasteiger partial charge is 0.187 e. The van der Waals surface area contributed by atoms with Gasteiger partial charge in [-0.3, -0.25) is 9.78 Å². The van der Waals surface area contributed by atoms with Gasteiger partial charge in [0.25, 0.3) is 0 Å². The molecule has 1 aliphatic heterocycles. The van der Waals surface area contributed by atoms with Crippen LogP contribution >= 0.6 is 11.6 Å². The molecule has 0 radical (unpaired) electrons. The number of nitrogen functional groups attached to an aromatic ring is 1. The Labute approximate surface area is 198 Å². The van der Waals surface area contributed by atoms with Crippen LogP contribution in [0.15, 0.2) is 54.9 Å². The van der Waals surface area contributed by atoms with Crippen LogP contribution in [0.3, 0.4) is 0 Å². The van der Waals surface area contributed by atoms with E-state index >= 15 is 0 Å². The Bertz CT molecular complexity index is 1270. The van der Waals surface area contributed by atoms with E-state index in [4.69, 9.17) is 22.1 Å². The minimum absolute atomic E-state index is 0.0657. The van der Waals surface area contributed by atoms with Gasteiger partial charge in [0.05, 0.1) is 11.6 Å². The predicted molar refractivity (Wildman–Crippen MR) is 122 cm³/mol. The van der Waals surface area contributed by atoms with E-state index in [0.29, 0.717) is 11.1 Å². The van der Waals surface area contributed by atoms with Gasteiger partial charge in [-0.2, -0.15) is 0 Å². The molecule has 2 aromatic heterocycles. The number of Topliss-reactive ketones (excluding diaryl/α,β-unsaturated/α-hetero) is 1. The minimum atomic E-state index is -1.22. The van der Waals surface area contributed by atoms with Crippen molar-refractivity contribution in [1.82, 2.24) is 9.97 Å². The molecule has 34 heavy (non-hydrogen) atoms. The Hall–Kier alpha value is -3.40. The van der Waals surface area contributed by atoms with Crippen molar-refractivity contribution < 1.29 is 28.5 Å². The average Bonchev–Trinajstić information content (AvgIpc) is 2.82. The molecular weight excluding hydrogens is 468 g/mol. The Morgan fingerprint density at radius 2 is 1.91 bits per heavy atom. The molecule has 0 spiro atoms. The highest BCUT2D eigenvalue weighted by Gasteiger charge is 2.33. The summed E-state index contributed by atoms with van der Waals surface area (Å²) in [5.74, 6) is -1.95. The normalized spacial score (nSPS) is 19.9. The molecule has 4 N–H and O–H groups in total. The molecule has 176 valence electrons. The van der Waals surface area contributed by atoms with Gasteiger partial charge in [-0.25, -0.2) is 13.8 Å². The lowest BCUT2D eigenvalue weighted by Crippen LogP contribution is -2.42. The van der Waals surface area contributed by atoms with Crippen molar-refractivity contribution >= 4 is 28.8 Å². The summed E-state index contributed by atoms with van der Waals surface area (Å²) in [5.41, 5.74) is 5.88. The van der Waals surface area contributed by atoms with Crippen molar-refractivity contribution in [1.29, 1.82) is 0 Å². The molecule has 0 fully saturated rings. The van der Waals surface area contributed by atoms with E-state index < -0.39 is 35.7 Å². The number of nitrogens with two attached hydrogens (primary N) is 1. The summed E-state index contributed by atoms with van der Waals surface area (Å²) in [6.45, 7) is 0. The van der Waals surface area contributed by atoms with Crippen molar-refractivity contribution in [3.63, 3.8) is 0 Å². The third-order valence-corrected chi connectivity index (χ3v) is 5.71. The van der Waals surface area contributed by atoms with Crippen molar-refractivity contribution in [3.05, 3.63) is 83.3 Å². The largest absolute Gasteiger partial charge is 0.486 e. The molecule has 4 rings (SSSR count). The number of pyridine rings is 2. The van der Waals surface area contributed by atoms with E-state index in [1.807, 2.05) is 0 Å². The second kappa shape index (κ2) is 9.84. The number of ether oxygens (including phenoxy) is 1. The number of nitrogens with zero attached hydrogens (tertiary/aromatic N) is 2. The number of carbonyl (C=O) groups excluding carboxylic acids is 1. The zero-order valence-electron chi connectivity index (χ0n) is 17.7. The number of aliphatic hydroxyl groups excluding tert-OH is 2. The lowest BCUT2D eigenvalue weighted by Gasteiger charge is -2.31. The Morgan fingerprint density at radius 1 is 1.15 bits per heavy atom. The topological polar surface area (TPSA) is 119 Å². The van der Waals surface area contributed by atoms with Crippen LogP contribution in [0.4, 0.5) is 14.5 Å². The maximum Gasteiger partial charge on any atom is 0.187 e. The fourth-order valence-corrected chi connectivity index (χ4v) is 3.90. The number of benzene rings is 1. The molecule has 0 saturated heterocycles. The summed E-state index contributed by atoms with van der Waals surface area (Å²) >= 11 is 5.83. The molecule has 0 saturated carbocycles. The van der Waals surface area contributed by atoms with Crippen molar-refractivity contribution in [2.24, 2.45) is 0 Å². The van der Waals surface area contributed by atoms with E-state index in [2.05, 4.69) is 9.97 Å². The first kappa shape index (κ1) is 23.7. The molecule has 3 aromatic rings. The number of carbonyl (C=O) groups is 1. The molecule has 7 nitrogen and oxygen atoms in total. The van der Waals surface area contributed by atoms with Gasteiger partial charge in [0.1, 0.15) is 41.3 Å². The van der Waals surface area contributed by atoms with Crippen molar-refractivity contribution in [2.45, 2.75) is 24.7 Å². The molecule has 0 unspecified atom stereocenters. The number of aliphatic hydroxyl groups is 2. The first-order chi connectivity index (χ1) is 16.3. The molecule has 0 amide bonds. The van der Waals surface area contributed by atoms with Gasteiger partial charge in [0.2, 0.25) is 0 Å². The maximum absolute atomic E-state index is 14.5. The number of alkyl halides is 1. The fourth-order valence-electron chi connectivity index (χ4n) is 3.66. The van der Waals surface area contributed by atoms with Crippen LogP contribution in [0.2, 0.25) is 0 Å². The molecule has 3 atom stereocenters. The van der Waals surface area contributed by atoms with E-state index in [1.54, 1.807) is 6.07 Å². The zero-order chi connectivity index (χ0) is 24.4. The van der Waals surface area contributed by atoms with Crippen LogP contribution < -0.4 is 5.73 Å². The summed E-state index contributed by atoms with van der Waals surface area (Å²) in [6.07, 6.45) is 0.704. The first-order valence-electron chi connectivity index (χ1n) is 10.3. The monoisotopic (exact) mass is 487 g/mol. The lowest BCUT2D eigenvalue weighted by atomic mass is 9.97. The quantitative estimate of drug-likeness (QED) is 0.361. The lowest BCUT2D eigenvalue weighted by molar-refractivity contribution is -0.0442. The van der Waals surface area contributed by atoms with Gasteiger partial charge in [-0.1, -0.05) is 12.1 Å². The molecule has 0 bridgehead atoms. The van der Waals surface area contributed by atoms with E-state index in [9.17, 15) is 23.8 Å². The molecule has 1 aromatic carbocycles. The Morgan fingerprint density at radius 3 is 2.65 bits per heavy atom. The number of rotatable bonds is 6. The Kier molecular flexibility index (Phi) is 6.87. The van der Waals surface area contributed by atoms with Gasteiger partial charge in [-0.05, 0) is 29.8 Å². The predicted octanol–water partition coefficient (Wildman–Crippen LogP) is 3.13. The average molecular weight is 488 g/mol. The van der Waals surface area contributed by atoms with Crippen LogP contribution in [0.1, 0.15) is 21.6 Å². The van der Waals surface area contributed by atoms with E-state index in [0.717, 1.165) is 12.1 Å². The number of anilines is 1. The summed E-state index contributed by atoms with van der Waals surface area (Å²) in [4.78, 5) is 21.2. The summed E-state index contributed by atoms with van der Waals surface area (Å²) in [6, 6.07) is 8.00. The van der Waals surface area contributed by atoms with Gasteiger partial charge in [0, 0.05) is 36.0 Å². The summed E-state index contributed by atoms with van der Waals surface area (Å²) < 4.78 is 34.4. The molecule has 1 aliphatic rings. The van der Waals surface area contributed by atoms with Crippen LogP contribution in [-0.4, -0.2) is 50.2 Å². The second-order valence-electron chi connectivity index (χ2n) is 7.69. The highest BCUT2D eigenvalue weighted by atomic mass is 35.5. The number of halogens is 3. The third kappa shape index (κ3) is 4.63. The van der Waals surface area contributed by atoms with Crippen LogP contribution in [0.25, 0.3) is 17.0 Å². The van der Waals surface area contributed by atoms with Gasteiger partial charge >= 0.3 is 0 Å². The number of hydrogen-bond acceptors (Lipinski definition) is 7. The van der Waals surface area contributed by atoms with Gasteiger partial charge in [0.15, 0.2) is 11.6 Å². The number of aromatic nitrogens is 2. The van der Waals surface area contributed by atoms with Crippen molar-refractivity contribution in [2.75, 3.05) is 11.6 Å². The molecule has 10 heteroatoms. The SMILES string of the molecule is Nc1cc(F)c(-c2ccccc2F)nc1C(=O)Cc1cnccc1C1=C[C@@H](O)[C@H](O)[C@@H](CCl)O1. The van der Waals surface area contributed by atoms with Crippen LogP contribution in [-0.2, 0) is 11.2 Å². The summed E-state index contributed by atoms with van der Waals surface area (Å²) in [5, 5.41) is 20.2. The molecular formula is C24H20ClF2N3O4. The van der Waals surface area contributed by atoms with Crippen molar-refractivity contribution in [3.8, 4) is 11.3 Å². The van der Waals surface area contributed by atoms with E-state index in [-0.39, 0.29) is 40.7 Å². The Balaban J connectivity index is 1.68. The highest BCUT2D eigenvalue weighted by molar-refractivity contribution is 6.18. The highest BCUT2D eigenvalue weighted by Crippen LogP contribution is 2.30. The minimum Gasteiger partial charge on any atom is -0.486 e. The zero-order valence-corrected chi connectivity index (χ0v) is 18.4. The van der Waals surface area contributed by atoms with Gasteiger partial charge in [-0.15, -0.1) is 11.6 Å². The van der Waals surface area contributed by atoms with Crippen LogP contribution in [0.5, 0.6) is 0 Å². The molecule has 3 heterocycles. The summed E-state index contributed by atoms with van der Waals surface area (Å²) in [7, 11) is 0. The third-order valence-electron chi connectivity index (χ3n) is 5.40. The molecule has 0 aliphatic carbocycles. The van der Waals surface area contributed by atoms with Crippen LogP contribution in [0, 0.1) is 11.6 Å². The maximum atomic E-state index is 14.5.